The second kappa shape index (κ2) is 7.70. The zero-order valence-electron chi connectivity index (χ0n) is 17.3. The minimum absolute atomic E-state index is 0.0194. The topological polar surface area (TPSA) is 96.7 Å². The maximum Gasteiger partial charge on any atom is 0.275 e. The predicted molar refractivity (Wildman–Crippen MR) is 123 cm³/mol. The summed E-state index contributed by atoms with van der Waals surface area (Å²) in [6.07, 6.45) is 1.84. The standard InChI is InChI=1S/C25H20N4O3/c1-16-23(25(30)28(27-16)17-9-3-2-4-10-17)24(19-12-6-8-14-22(19)29(31)32)20-15-26-21-13-7-5-11-18(20)21/h2-15,24,26-27H,1H3. The van der Waals surface area contributed by atoms with E-state index in [4.69, 9.17) is 0 Å². The number of hydrogen-bond donors (Lipinski definition) is 2. The second-order valence-corrected chi connectivity index (χ2v) is 7.67. The predicted octanol–water partition coefficient (Wildman–Crippen LogP) is 5.04. The molecule has 0 saturated heterocycles. The molecule has 0 fully saturated rings. The van der Waals surface area contributed by atoms with Crippen molar-refractivity contribution < 1.29 is 4.92 Å². The van der Waals surface area contributed by atoms with Crippen LogP contribution in [0.1, 0.15) is 28.3 Å². The van der Waals surface area contributed by atoms with Crippen molar-refractivity contribution in [2.75, 3.05) is 0 Å². The first-order valence-electron chi connectivity index (χ1n) is 10.2. The highest BCUT2D eigenvalue weighted by atomic mass is 16.6. The minimum atomic E-state index is -0.624. The SMILES string of the molecule is Cc1[nH]n(-c2ccccc2)c(=O)c1C(c1ccccc1[N+](=O)[O-])c1c[nH]c2ccccc12. The van der Waals surface area contributed by atoms with E-state index in [0.717, 1.165) is 16.5 Å². The van der Waals surface area contributed by atoms with Gasteiger partial charge in [0.1, 0.15) is 0 Å². The molecular weight excluding hydrogens is 404 g/mol. The van der Waals surface area contributed by atoms with Gasteiger partial charge in [-0.25, -0.2) is 4.68 Å². The molecule has 0 radical (unpaired) electrons. The van der Waals surface area contributed by atoms with Gasteiger partial charge < -0.3 is 4.98 Å². The quantitative estimate of drug-likeness (QED) is 0.305. The van der Waals surface area contributed by atoms with Crippen LogP contribution in [0.2, 0.25) is 0 Å². The average molecular weight is 424 g/mol. The number of benzene rings is 3. The monoisotopic (exact) mass is 424 g/mol. The molecule has 1 unspecified atom stereocenters. The number of nitro groups is 1. The van der Waals surface area contributed by atoms with Crippen molar-refractivity contribution in [2.45, 2.75) is 12.8 Å². The van der Waals surface area contributed by atoms with Crippen molar-refractivity contribution in [3.8, 4) is 5.69 Å². The number of rotatable bonds is 5. The molecule has 5 rings (SSSR count). The summed E-state index contributed by atoms with van der Waals surface area (Å²) in [6, 6.07) is 23.6. The van der Waals surface area contributed by atoms with Crippen LogP contribution in [0, 0.1) is 17.0 Å². The Hall–Kier alpha value is -4.39. The van der Waals surface area contributed by atoms with E-state index in [1.165, 1.54) is 10.7 Å². The Morgan fingerprint density at radius 3 is 2.38 bits per heavy atom. The molecule has 1 atom stereocenters. The largest absolute Gasteiger partial charge is 0.361 e. The summed E-state index contributed by atoms with van der Waals surface area (Å²) >= 11 is 0. The molecule has 0 aliphatic heterocycles. The maximum absolute atomic E-state index is 13.7. The first kappa shape index (κ1) is 19.6. The fraction of sp³-hybridized carbons (Fsp3) is 0.0800. The van der Waals surface area contributed by atoms with E-state index >= 15 is 0 Å². The molecule has 2 heterocycles. The van der Waals surface area contributed by atoms with Gasteiger partial charge in [0.05, 0.1) is 22.1 Å². The van der Waals surface area contributed by atoms with Gasteiger partial charge in [-0.3, -0.25) is 20.0 Å². The van der Waals surface area contributed by atoms with Crippen LogP contribution in [0.25, 0.3) is 16.6 Å². The normalized spacial score (nSPS) is 12.2. The Balaban J connectivity index is 1.83. The summed E-state index contributed by atoms with van der Waals surface area (Å²) in [5, 5.41) is 16.0. The van der Waals surface area contributed by atoms with Crippen LogP contribution < -0.4 is 5.56 Å². The van der Waals surface area contributed by atoms with Gasteiger partial charge in [-0.2, -0.15) is 0 Å². The van der Waals surface area contributed by atoms with Gasteiger partial charge in [0.2, 0.25) is 0 Å². The summed E-state index contributed by atoms with van der Waals surface area (Å²) in [6.45, 7) is 1.83. The van der Waals surface area contributed by atoms with E-state index in [0.29, 0.717) is 22.5 Å². The lowest BCUT2D eigenvalue weighted by molar-refractivity contribution is -0.385. The molecule has 0 bridgehead atoms. The van der Waals surface area contributed by atoms with Gasteiger partial charge in [0.25, 0.3) is 11.2 Å². The molecule has 0 aliphatic carbocycles. The third-order valence-corrected chi connectivity index (χ3v) is 5.80. The summed E-state index contributed by atoms with van der Waals surface area (Å²) < 4.78 is 1.49. The molecule has 0 saturated carbocycles. The number of H-pyrrole nitrogens is 2. The fourth-order valence-corrected chi connectivity index (χ4v) is 4.37. The molecule has 0 amide bonds. The van der Waals surface area contributed by atoms with E-state index in [9.17, 15) is 14.9 Å². The molecule has 5 aromatic rings. The van der Waals surface area contributed by atoms with Crippen molar-refractivity contribution in [3.63, 3.8) is 0 Å². The van der Waals surface area contributed by atoms with Gasteiger partial charge in [-0.1, -0.05) is 54.6 Å². The van der Waals surface area contributed by atoms with Crippen LogP contribution in [-0.2, 0) is 0 Å². The van der Waals surface area contributed by atoms with Gasteiger partial charge >= 0.3 is 0 Å². The highest BCUT2D eigenvalue weighted by Gasteiger charge is 2.31. The number of nitro benzene ring substituents is 1. The zero-order chi connectivity index (χ0) is 22.2. The van der Waals surface area contributed by atoms with Crippen molar-refractivity contribution in [2.24, 2.45) is 0 Å². The average Bonchev–Trinajstić information content (AvgIpc) is 3.37. The summed E-state index contributed by atoms with van der Waals surface area (Å²) in [7, 11) is 0. The van der Waals surface area contributed by atoms with Gasteiger partial charge in [-0.15, -0.1) is 0 Å². The molecule has 2 aromatic heterocycles. The highest BCUT2D eigenvalue weighted by Crippen LogP contribution is 2.39. The Bertz CT molecular complexity index is 1490. The van der Waals surface area contributed by atoms with Crippen LogP contribution in [0.15, 0.2) is 89.9 Å². The fourth-order valence-electron chi connectivity index (χ4n) is 4.37. The lowest BCUT2D eigenvalue weighted by Gasteiger charge is -2.16. The summed E-state index contributed by atoms with van der Waals surface area (Å²) in [5.41, 5.74) is 3.78. The molecule has 0 spiro atoms. The maximum atomic E-state index is 13.7. The lowest BCUT2D eigenvalue weighted by atomic mass is 9.84. The smallest absolute Gasteiger partial charge is 0.275 e. The third-order valence-electron chi connectivity index (χ3n) is 5.80. The first-order chi connectivity index (χ1) is 15.6. The van der Waals surface area contributed by atoms with Crippen molar-refractivity contribution in [3.05, 3.63) is 128 Å². The van der Waals surface area contributed by atoms with Crippen LogP contribution in [0.3, 0.4) is 0 Å². The van der Waals surface area contributed by atoms with Crippen molar-refractivity contribution >= 4 is 16.6 Å². The van der Waals surface area contributed by atoms with E-state index in [1.807, 2.05) is 67.7 Å². The van der Waals surface area contributed by atoms with Crippen LogP contribution in [0.5, 0.6) is 0 Å². The number of aromatic amines is 2. The van der Waals surface area contributed by atoms with Gasteiger partial charge in [-0.05, 0) is 30.7 Å². The molecule has 7 nitrogen and oxygen atoms in total. The van der Waals surface area contributed by atoms with Crippen LogP contribution in [-0.4, -0.2) is 19.7 Å². The number of fused-ring (bicyclic) bond motifs is 1. The molecule has 7 heteroatoms. The Kier molecular flexibility index (Phi) is 4.71. The Morgan fingerprint density at radius 1 is 0.906 bits per heavy atom. The zero-order valence-corrected chi connectivity index (χ0v) is 17.3. The number of nitrogens with zero attached hydrogens (tertiary/aromatic N) is 2. The number of aryl methyl sites for hydroxylation is 1. The third kappa shape index (κ3) is 3.11. The van der Waals surface area contributed by atoms with E-state index < -0.39 is 10.8 Å². The van der Waals surface area contributed by atoms with Gasteiger partial charge in [0, 0.05) is 34.4 Å². The van der Waals surface area contributed by atoms with Crippen LogP contribution in [0.4, 0.5) is 5.69 Å². The number of aromatic nitrogens is 3. The minimum Gasteiger partial charge on any atom is -0.361 e. The molecule has 3 aromatic carbocycles. The number of hydrogen-bond acceptors (Lipinski definition) is 3. The van der Waals surface area contributed by atoms with E-state index in [-0.39, 0.29) is 11.2 Å². The Morgan fingerprint density at radius 2 is 1.59 bits per heavy atom. The van der Waals surface area contributed by atoms with Crippen molar-refractivity contribution in [1.82, 2.24) is 14.8 Å². The molecule has 158 valence electrons. The van der Waals surface area contributed by atoms with E-state index in [1.54, 1.807) is 18.2 Å². The number of nitrogens with one attached hydrogen (secondary N) is 2. The van der Waals surface area contributed by atoms with Gasteiger partial charge in [0.15, 0.2) is 0 Å². The summed E-state index contributed by atoms with van der Waals surface area (Å²) in [5.74, 6) is -0.624. The molecule has 32 heavy (non-hydrogen) atoms. The Labute approximate surface area is 183 Å². The first-order valence-corrected chi connectivity index (χ1v) is 10.2. The molecule has 2 N–H and O–H groups in total. The second-order valence-electron chi connectivity index (χ2n) is 7.67. The lowest BCUT2D eigenvalue weighted by Crippen LogP contribution is -2.21. The highest BCUT2D eigenvalue weighted by molar-refractivity contribution is 5.85. The van der Waals surface area contributed by atoms with Crippen molar-refractivity contribution in [1.29, 1.82) is 0 Å². The summed E-state index contributed by atoms with van der Waals surface area (Å²) in [4.78, 5) is 28.4. The molecular formula is C25H20N4O3. The molecule has 0 aliphatic rings. The van der Waals surface area contributed by atoms with Crippen LogP contribution >= 0.6 is 0 Å². The van der Waals surface area contributed by atoms with E-state index in [2.05, 4.69) is 10.1 Å². The number of para-hydroxylation sites is 3.